The Morgan fingerprint density at radius 1 is 1.26 bits per heavy atom. The third kappa shape index (κ3) is 4.18. The zero-order chi connectivity index (χ0) is 15.9. The second kappa shape index (κ2) is 7.58. The van der Waals surface area contributed by atoms with Gasteiger partial charge >= 0.3 is 0 Å². The number of ether oxygens (including phenoxy) is 1. The zero-order valence-corrected chi connectivity index (χ0v) is 13.0. The minimum Gasteiger partial charge on any atom is -0.435 e. The van der Waals surface area contributed by atoms with Crippen LogP contribution in [0.4, 0.5) is 11.5 Å². The van der Waals surface area contributed by atoms with Crippen LogP contribution in [0, 0.1) is 0 Å². The summed E-state index contributed by atoms with van der Waals surface area (Å²) < 4.78 is 5.66. The summed E-state index contributed by atoms with van der Waals surface area (Å²) in [5.74, 6) is 1.54. The Bertz CT molecular complexity index is 672. The Hall–Kier alpha value is -2.63. The van der Waals surface area contributed by atoms with Crippen LogP contribution in [0.15, 0.2) is 42.5 Å². The molecular weight excluding hydrogens is 290 g/mol. The molecule has 0 radical (unpaired) electrons. The van der Waals surface area contributed by atoms with Crippen LogP contribution in [0.3, 0.4) is 0 Å². The third-order valence-electron chi connectivity index (χ3n) is 3.82. The number of nitrogens with one attached hydrogen (secondary N) is 1. The predicted molar refractivity (Wildman–Crippen MR) is 90.4 cm³/mol. The van der Waals surface area contributed by atoms with E-state index < -0.39 is 0 Å². The Balaban J connectivity index is 1.61. The van der Waals surface area contributed by atoms with E-state index in [1.807, 2.05) is 0 Å². The van der Waals surface area contributed by atoms with Crippen molar-refractivity contribution in [1.82, 2.24) is 15.0 Å². The molecule has 2 aromatic rings. The van der Waals surface area contributed by atoms with Gasteiger partial charge in [0.15, 0.2) is 5.82 Å². The van der Waals surface area contributed by atoms with Gasteiger partial charge in [-0.3, -0.25) is 4.98 Å². The molecule has 2 aromatic heterocycles. The van der Waals surface area contributed by atoms with E-state index in [-0.39, 0.29) is 0 Å². The van der Waals surface area contributed by atoms with Crippen LogP contribution < -0.4 is 15.8 Å². The van der Waals surface area contributed by atoms with Crippen molar-refractivity contribution in [2.24, 2.45) is 0 Å². The van der Waals surface area contributed by atoms with E-state index >= 15 is 0 Å². The monoisotopic (exact) mass is 311 g/mol. The fraction of sp³-hybridized carbons (Fsp3) is 0.353. The second-order valence-corrected chi connectivity index (χ2v) is 5.52. The Morgan fingerprint density at radius 2 is 2.22 bits per heavy atom. The lowest BCUT2D eigenvalue weighted by atomic mass is 9.97. The molecule has 3 rings (SSSR count). The molecular formula is C17H21N5O. The number of nitrogens with two attached hydrogens (primary N) is 1. The Labute approximate surface area is 135 Å². The highest BCUT2D eigenvalue weighted by molar-refractivity contribution is 5.66. The van der Waals surface area contributed by atoms with Crippen molar-refractivity contribution in [2.75, 3.05) is 17.6 Å². The van der Waals surface area contributed by atoms with Gasteiger partial charge in [0.1, 0.15) is 17.8 Å². The summed E-state index contributed by atoms with van der Waals surface area (Å²) in [5, 5.41) is 3.27. The standard InChI is InChI=1S/C17H21N5O/c18-15-16(20-10-8-13-5-2-1-3-6-13)21-12-22-17(15)23-14-7-4-9-19-11-14/h4-5,7,9,11-12H,1-3,6,8,10,18H2,(H,20,21,22). The van der Waals surface area contributed by atoms with Crippen molar-refractivity contribution in [3.8, 4) is 11.6 Å². The molecule has 3 N–H and O–H groups in total. The van der Waals surface area contributed by atoms with Gasteiger partial charge in [-0.2, -0.15) is 4.98 Å². The molecule has 0 saturated carbocycles. The van der Waals surface area contributed by atoms with E-state index in [4.69, 9.17) is 10.5 Å². The van der Waals surface area contributed by atoms with E-state index in [1.54, 1.807) is 24.5 Å². The summed E-state index contributed by atoms with van der Waals surface area (Å²) in [6.07, 6.45) is 13.1. The summed E-state index contributed by atoms with van der Waals surface area (Å²) >= 11 is 0. The third-order valence-corrected chi connectivity index (χ3v) is 3.82. The highest BCUT2D eigenvalue weighted by Gasteiger charge is 2.10. The first-order chi connectivity index (χ1) is 11.3. The minimum atomic E-state index is 0.340. The Kier molecular flexibility index (Phi) is 5.03. The zero-order valence-electron chi connectivity index (χ0n) is 13.0. The normalized spacial score (nSPS) is 14.2. The molecule has 23 heavy (non-hydrogen) atoms. The van der Waals surface area contributed by atoms with Crippen LogP contribution in [-0.4, -0.2) is 21.5 Å². The van der Waals surface area contributed by atoms with Crippen LogP contribution in [0.5, 0.6) is 11.6 Å². The molecule has 0 fully saturated rings. The molecule has 0 atom stereocenters. The van der Waals surface area contributed by atoms with Crippen molar-refractivity contribution in [3.05, 3.63) is 42.5 Å². The van der Waals surface area contributed by atoms with Crippen molar-refractivity contribution in [2.45, 2.75) is 32.1 Å². The average molecular weight is 311 g/mol. The smallest absolute Gasteiger partial charge is 0.248 e. The number of rotatable bonds is 6. The molecule has 0 spiro atoms. The number of hydrogen-bond acceptors (Lipinski definition) is 6. The summed E-state index contributed by atoms with van der Waals surface area (Å²) in [5.41, 5.74) is 8.03. The molecule has 0 aliphatic heterocycles. The quantitative estimate of drug-likeness (QED) is 0.793. The van der Waals surface area contributed by atoms with Crippen LogP contribution >= 0.6 is 0 Å². The maximum absolute atomic E-state index is 6.10. The summed E-state index contributed by atoms with van der Waals surface area (Å²) in [4.78, 5) is 12.3. The van der Waals surface area contributed by atoms with Gasteiger partial charge in [-0.25, -0.2) is 4.98 Å². The number of nitrogens with zero attached hydrogens (tertiary/aromatic N) is 3. The van der Waals surface area contributed by atoms with Crippen molar-refractivity contribution in [1.29, 1.82) is 0 Å². The van der Waals surface area contributed by atoms with Gasteiger partial charge in [-0.15, -0.1) is 0 Å². The topological polar surface area (TPSA) is 86.0 Å². The van der Waals surface area contributed by atoms with Crippen LogP contribution in [0.2, 0.25) is 0 Å². The summed E-state index contributed by atoms with van der Waals surface area (Å²) in [7, 11) is 0. The highest BCUT2D eigenvalue weighted by Crippen LogP contribution is 2.29. The molecule has 0 saturated heterocycles. The van der Waals surface area contributed by atoms with E-state index in [1.165, 1.54) is 37.6 Å². The summed E-state index contributed by atoms with van der Waals surface area (Å²) in [6.45, 7) is 0.805. The van der Waals surface area contributed by atoms with Gasteiger partial charge in [0, 0.05) is 12.7 Å². The van der Waals surface area contributed by atoms with E-state index in [0.29, 0.717) is 23.1 Å². The van der Waals surface area contributed by atoms with Gasteiger partial charge < -0.3 is 15.8 Å². The summed E-state index contributed by atoms with van der Waals surface area (Å²) in [6, 6.07) is 3.60. The molecule has 120 valence electrons. The average Bonchev–Trinajstić information content (AvgIpc) is 2.60. The molecule has 6 heteroatoms. The van der Waals surface area contributed by atoms with Gasteiger partial charge in [0.2, 0.25) is 5.88 Å². The van der Waals surface area contributed by atoms with Crippen LogP contribution in [0.1, 0.15) is 32.1 Å². The maximum Gasteiger partial charge on any atom is 0.248 e. The molecule has 2 heterocycles. The van der Waals surface area contributed by atoms with Crippen molar-refractivity contribution >= 4 is 11.5 Å². The van der Waals surface area contributed by atoms with Gasteiger partial charge in [-0.05, 0) is 44.2 Å². The van der Waals surface area contributed by atoms with Crippen molar-refractivity contribution in [3.63, 3.8) is 0 Å². The van der Waals surface area contributed by atoms with Crippen LogP contribution in [0.25, 0.3) is 0 Å². The van der Waals surface area contributed by atoms with Crippen LogP contribution in [-0.2, 0) is 0 Å². The SMILES string of the molecule is Nc1c(NCCC2=CCCCC2)ncnc1Oc1cccnc1. The molecule has 0 unspecified atom stereocenters. The molecule has 0 bridgehead atoms. The largest absolute Gasteiger partial charge is 0.435 e. The molecule has 1 aliphatic carbocycles. The maximum atomic E-state index is 6.10. The lowest BCUT2D eigenvalue weighted by molar-refractivity contribution is 0.462. The van der Waals surface area contributed by atoms with Gasteiger partial charge in [0.05, 0.1) is 6.20 Å². The minimum absolute atomic E-state index is 0.340. The number of pyridine rings is 1. The van der Waals surface area contributed by atoms with E-state index in [2.05, 4.69) is 26.3 Å². The Morgan fingerprint density at radius 3 is 3.00 bits per heavy atom. The van der Waals surface area contributed by atoms with E-state index in [0.717, 1.165) is 13.0 Å². The number of allylic oxidation sites excluding steroid dienone is 1. The number of aromatic nitrogens is 3. The number of hydrogen-bond donors (Lipinski definition) is 2. The first-order valence-electron chi connectivity index (χ1n) is 7.93. The predicted octanol–water partition coefficient (Wildman–Crippen LogP) is 3.55. The highest BCUT2D eigenvalue weighted by atomic mass is 16.5. The molecule has 1 aliphatic rings. The first kappa shape index (κ1) is 15.3. The lowest BCUT2D eigenvalue weighted by Gasteiger charge is -2.14. The fourth-order valence-electron chi connectivity index (χ4n) is 2.59. The van der Waals surface area contributed by atoms with Gasteiger partial charge in [-0.1, -0.05) is 11.6 Å². The van der Waals surface area contributed by atoms with Gasteiger partial charge in [0.25, 0.3) is 0 Å². The molecule has 0 aromatic carbocycles. The first-order valence-corrected chi connectivity index (χ1v) is 7.93. The number of nitrogen functional groups attached to an aromatic ring is 1. The number of anilines is 2. The molecule has 0 amide bonds. The van der Waals surface area contributed by atoms with E-state index in [9.17, 15) is 0 Å². The second-order valence-electron chi connectivity index (χ2n) is 5.52. The fourth-order valence-corrected chi connectivity index (χ4v) is 2.59. The molecule has 6 nitrogen and oxygen atoms in total. The van der Waals surface area contributed by atoms with Crippen molar-refractivity contribution < 1.29 is 4.74 Å². The lowest BCUT2D eigenvalue weighted by Crippen LogP contribution is -2.09.